The first kappa shape index (κ1) is 21.3. The number of carbonyl (C=O) groups excluding carboxylic acids is 1. The van der Waals surface area contributed by atoms with Crippen LogP contribution in [0.2, 0.25) is 0 Å². The van der Waals surface area contributed by atoms with Gasteiger partial charge in [-0.3, -0.25) is 4.79 Å². The van der Waals surface area contributed by atoms with Gasteiger partial charge in [0.2, 0.25) is 5.89 Å². The third-order valence-electron chi connectivity index (χ3n) is 5.13. The van der Waals surface area contributed by atoms with E-state index < -0.39 is 0 Å². The Morgan fingerprint density at radius 2 is 1.76 bits per heavy atom. The SMILES string of the molecule is CN(C)C(=O)c1ccc(-c2cnc(N)c(-c3nnc(-c4ccccc4-c4c#csc4)o3)n2)cc1. The fourth-order valence-corrected chi connectivity index (χ4v) is 3.93. The Hall–Kier alpha value is -4.55. The van der Waals surface area contributed by atoms with Gasteiger partial charge in [-0.2, -0.15) is 0 Å². The second-order valence-electron chi connectivity index (χ2n) is 7.60. The summed E-state index contributed by atoms with van der Waals surface area (Å²) in [7, 11) is 3.42. The molecule has 166 valence electrons. The van der Waals surface area contributed by atoms with Gasteiger partial charge in [0.1, 0.15) is 0 Å². The van der Waals surface area contributed by atoms with Crippen molar-refractivity contribution in [3.05, 3.63) is 77.1 Å². The lowest BCUT2D eigenvalue weighted by molar-refractivity contribution is 0.0827. The standard InChI is InChI=1S/C25H18N6O2S/c1-31(2)25(32)16-9-7-15(8-10-16)20-13-27-22(26)21(28-20)24-30-29-23(33-24)19-6-4-3-5-18(19)17-11-12-34-14-17/h3-10,13-14H,1-2H3,(H2,26,27). The van der Waals surface area contributed by atoms with E-state index in [-0.39, 0.29) is 23.3 Å². The fraction of sp³-hybridized carbons (Fsp3) is 0.0800. The molecule has 0 unspecified atom stereocenters. The lowest BCUT2D eigenvalue weighted by atomic mass is 10.0. The molecule has 8 nitrogen and oxygen atoms in total. The van der Waals surface area contributed by atoms with Crippen LogP contribution in [0.5, 0.6) is 0 Å². The van der Waals surface area contributed by atoms with Crippen molar-refractivity contribution in [2.75, 3.05) is 19.8 Å². The zero-order valence-electron chi connectivity index (χ0n) is 18.3. The van der Waals surface area contributed by atoms with Crippen LogP contribution in [0.1, 0.15) is 10.4 Å². The number of amides is 1. The van der Waals surface area contributed by atoms with Crippen LogP contribution >= 0.6 is 11.3 Å². The molecule has 3 heterocycles. The molecule has 0 bridgehead atoms. The van der Waals surface area contributed by atoms with Crippen molar-refractivity contribution in [3.63, 3.8) is 0 Å². The molecule has 0 aliphatic rings. The van der Waals surface area contributed by atoms with Crippen LogP contribution in [-0.4, -0.2) is 45.1 Å². The molecular weight excluding hydrogens is 448 g/mol. The summed E-state index contributed by atoms with van der Waals surface area (Å²) in [5.74, 6) is 0.597. The van der Waals surface area contributed by atoms with Crippen LogP contribution in [0.25, 0.3) is 45.4 Å². The number of hydrogen-bond acceptors (Lipinski definition) is 8. The predicted molar refractivity (Wildman–Crippen MR) is 130 cm³/mol. The molecule has 0 aliphatic carbocycles. The minimum absolute atomic E-state index is 0.0766. The van der Waals surface area contributed by atoms with Crippen molar-refractivity contribution in [2.45, 2.75) is 0 Å². The van der Waals surface area contributed by atoms with Gasteiger partial charge in [0, 0.05) is 47.3 Å². The van der Waals surface area contributed by atoms with Crippen LogP contribution in [0.3, 0.4) is 0 Å². The number of nitrogens with two attached hydrogens (primary N) is 1. The summed E-state index contributed by atoms with van der Waals surface area (Å²) in [6, 6.07) is 17.9. The molecule has 9 heteroatoms. The molecule has 0 aliphatic heterocycles. The first-order valence-corrected chi connectivity index (χ1v) is 11.1. The Labute approximate surface area is 199 Å². The maximum atomic E-state index is 12.1. The highest BCUT2D eigenvalue weighted by molar-refractivity contribution is 7.07. The van der Waals surface area contributed by atoms with E-state index in [4.69, 9.17) is 10.2 Å². The molecule has 0 saturated carbocycles. The summed E-state index contributed by atoms with van der Waals surface area (Å²) in [6.45, 7) is 0. The molecule has 0 radical (unpaired) electrons. The molecule has 5 rings (SSSR count). The van der Waals surface area contributed by atoms with E-state index >= 15 is 0 Å². The topological polar surface area (TPSA) is 111 Å². The average Bonchev–Trinajstić information content (AvgIpc) is 3.57. The lowest BCUT2D eigenvalue weighted by Crippen LogP contribution is -2.21. The van der Waals surface area contributed by atoms with Crippen molar-refractivity contribution in [1.29, 1.82) is 0 Å². The molecule has 3 aromatic heterocycles. The van der Waals surface area contributed by atoms with Crippen molar-refractivity contribution in [2.24, 2.45) is 0 Å². The molecule has 2 N–H and O–H groups in total. The fourth-order valence-electron chi connectivity index (χ4n) is 3.40. The van der Waals surface area contributed by atoms with Gasteiger partial charge in [-0.05, 0) is 29.6 Å². The Balaban J connectivity index is 1.49. The number of anilines is 1. The Bertz CT molecular complexity index is 1460. The highest BCUT2D eigenvalue weighted by atomic mass is 32.1. The van der Waals surface area contributed by atoms with Gasteiger partial charge in [0.15, 0.2) is 11.5 Å². The molecule has 0 fully saturated rings. The van der Waals surface area contributed by atoms with Crippen LogP contribution in [0.4, 0.5) is 5.82 Å². The molecule has 0 atom stereocenters. The summed E-state index contributed by atoms with van der Waals surface area (Å²) < 4.78 is 5.97. The maximum Gasteiger partial charge on any atom is 0.270 e. The van der Waals surface area contributed by atoms with E-state index in [0.29, 0.717) is 17.1 Å². The monoisotopic (exact) mass is 466 g/mol. The largest absolute Gasteiger partial charge is 0.414 e. The van der Waals surface area contributed by atoms with Crippen LogP contribution < -0.4 is 5.73 Å². The molecule has 0 saturated heterocycles. The number of hydrogen-bond donors (Lipinski definition) is 1. The quantitative estimate of drug-likeness (QED) is 0.407. The minimum Gasteiger partial charge on any atom is -0.414 e. The third kappa shape index (κ3) is 3.98. The van der Waals surface area contributed by atoms with Crippen molar-refractivity contribution >= 4 is 23.1 Å². The van der Waals surface area contributed by atoms with Crippen molar-refractivity contribution in [1.82, 2.24) is 25.1 Å². The molecule has 2 aromatic carbocycles. The van der Waals surface area contributed by atoms with Crippen molar-refractivity contribution in [3.8, 4) is 45.4 Å². The molecule has 5 aromatic rings. The van der Waals surface area contributed by atoms with E-state index in [1.165, 1.54) is 16.2 Å². The van der Waals surface area contributed by atoms with E-state index in [9.17, 15) is 4.79 Å². The molecular formula is C25H18N6O2S. The summed E-state index contributed by atoms with van der Waals surface area (Å²) in [5, 5.41) is 13.3. The lowest BCUT2D eigenvalue weighted by Gasteiger charge is -2.10. The highest BCUT2D eigenvalue weighted by Gasteiger charge is 2.19. The Morgan fingerprint density at radius 3 is 2.47 bits per heavy atom. The smallest absolute Gasteiger partial charge is 0.270 e. The summed E-state index contributed by atoms with van der Waals surface area (Å²) >= 11 is 1.44. The second-order valence-corrected chi connectivity index (χ2v) is 8.28. The molecule has 1 amide bonds. The summed E-state index contributed by atoms with van der Waals surface area (Å²) in [5.41, 5.74) is 10.9. The number of carbonyl (C=O) groups is 1. The number of nitrogens with zero attached hydrogens (tertiary/aromatic N) is 5. The van der Waals surface area contributed by atoms with E-state index in [1.54, 1.807) is 32.4 Å². The number of nitrogen functional groups attached to an aromatic ring is 1. The maximum absolute atomic E-state index is 12.1. The van der Waals surface area contributed by atoms with Gasteiger partial charge in [-0.25, -0.2) is 9.97 Å². The first-order valence-electron chi connectivity index (χ1n) is 10.3. The van der Waals surface area contributed by atoms with Gasteiger partial charge < -0.3 is 15.1 Å². The number of benzene rings is 2. The molecule has 34 heavy (non-hydrogen) atoms. The van der Waals surface area contributed by atoms with E-state index in [0.717, 1.165) is 22.3 Å². The second kappa shape index (κ2) is 8.77. The van der Waals surface area contributed by atoms with Gasteiger partial charge in [0.05, 0.1) is 11.9 Å². The molecule has 0 spiro atoms. The predicted octanol–water partition coefficient (Wildman–Crippen LogP) is 4.47. The van der Waals surface area contributed by atoms with Gasteiger partial charge in [0.25, 0.3) is 11.8 Å². The Morgan fingerprint density at radius 1 is 1.03 bits per heavy atom. The van der Waals surface area contributed by atoms with Crippen LogP contribution in [-0.2, 0) is 0 Å². The Kier molecular flexibility index (Phi) is 5.49. The minimum atomic E-state index is -0.0766. The summed E-state index contributed by atoms with van der Waals surface area (Å²) in [6.07, 6.45) is 1.57. The zero-order chi connectivity index (χ0) is 23.7. The van der Waals surface area contributed by atoms with Gasteiger partial charge >= 0.3 is 0 Å². The summed E-state index contributed by atoms with van der Waals surface area (Å²) in [4.78, 5) is 22.5. The first-order chi connectivity index (χ1) is 16.5. The normalized spacial score (nSPS) is 10.6. The van der Waals surface area contributed by atoms with Gasteiger partial charge in [-0.1, -0.05) is 41.7 Å². The van der Waals surface area contributed by atoms with Crippen LogP contribution in [0.15, 0.2) is 64.5 Å². The van der Waals surface area contributed by atoms with Crippen molar-refractivity contribution < 1.29 is 9.21 Å². The number of rotatable bonds is 5. The average molecular weight is 467 g/mol. The van der Waals surface area contributed by atoms with E-state index in [1.807, 2.05) is 41.8 Å². The van der Waals surface area contributed by atoms with Gasteiger partial charge in [-0.15, -0.1) is 10.2 Å². The third-order valence-corrected chi connectivity index (χ3v) is 5.70. The highest BCUT2D eigenvalue weighted by Crippen LogP contribution is 2.33. The van der Waals surface area contributed by atoms with E-state index in [2.05, 4.69) is 31.6 Å². The van der Waals surface area contributed by atoms with Crippen LogP contribution in [0, 0.1) is 11.4 Å². The zero-order valence-corrected chi connectivity index (χ0v) is 19.1. The number of aromatic nitrogens is 4.